The van der Waals surface area contributed by atoms with Crippen LogP contribution >= 0.6 is 0 Å². The summed E-state index contributed by atoms with van der Waals surface area (Å²) in [7, 11) is 2.10. The van der Waals surface area contributed by atoms with Crippen molar-refractivity contribution in [1.82, 2.24) is 14.5 Å². The van der Waals surface area contributed by atoms with Crippen LogP contribution in [0.2, 0.25) is 0 Å². The van der Waals surface area contributed by atoms with Gasteiger partial charge in [-0.05, 0) is 50.8 Å². The van der Waals surface area contributed by atoms with Crippen molar-refractivity contribution in [3.63, 3.8) is 0 Å². The van der Waals surface area contributed by atoms with Crippen molar-refractivity contribution in [2.45, 2.75) is 47.5 Å². The topological polar surface area (TPSA) is 34.0 Å². The molecule has 0 saturated carbocycles. The molecule has 1 aromatic carbocycles. The van der Waals surface area contributed by atoms with E-state index in [2.05, 4.69) is 79.4 Å². The number of rotatable bonds is 6. The van der Waals surface area contributed by atoms with E-state index < -0.39 is 0 Å². The molecule has 0 aliphatic carbocycles. The highest BCUT2D eigenvalue weighted by Crippen LogP contribution is 2.36. The molecule has 4 nitrogen and oxygen atoms in total. The van der Waals surface area contributed by atoms with Gasteiger partial charge in [0.1, 0.15) is 17.4 Å². The Labute approximate surface area is 156 Å². The zero-order chi connectivity index (χ0) is 18.8. The third-order valence-electron chi connectivity index (χ3n) is 5.14. The summed E-state index contributed by atoms with van der Waals surface area (Å²) in [6.45, 7) is 12.9. The van der Waals surface area contributed by atoms with Crippen LogP contribution in [-0.2, 0) is 7.05 Å². The van der Waals surface area contributed by atoms with E-state index in [4.69, 9.17) is 0 Å². The van der Waals surface area contributed by atoms with E-state index >= 15 is 0 Å². The predicted molar refractivity (Wildman–Crippen MR) is 111 cm³/mol. The molecule has 4 heteroatoms. The molecule has 0 N–H and O–H groups in total. The maximum Gasteiger partial charge on any atom is 0.156 e. The maximum atomic E-state index is 4.68. The largest absolute Gasteiger partial charge is 0.355 e. The molecule has 0 spiro atoms. The van der Waals surface area contributed by atoms with Crippen LogP contribution in [-0.4, -0.2) is 27.6 Å². The van der Waals surface area contributed by atoms with Crippen molar-refractivity contribution >= 4 is 16.9 Å². The molecule has 0 amide bonds. The van der Waals surface area contributed by atoms with E-state index in [0.717, 1.165) is 29.9 Å². The van der Waals surface area contributed by atoms with Crippen LogP contribution in [0.15, 0.2) is 24.7 Å². The van der Waals surface area contributed by atoms with Crippen LogP contribution in [0.3, 0.4) is 0 Å². The van der Waals surface area contributed by atoms with E-state index in [9.17, 15) is 0 Å². The number of nitrogens with zero attached hydrogens (tertiary/aromatic N) is 4. The molecule has 3 rings (SSSR count). The number of aromatic nitrogens is 3. The van der Waals surface area contributed by atoms with Gasteiger partial charge in [0.2, 0.25) is 0 Å². The fourth-order valence-electron chi connectivity index (χ4n) is 3.99. The van der Waals surface area contributed by atoms with Crippen LogP contribution in [0.5, 0.6) is 0 Å². The van der Waals surface area contributed by atoms with Gasteiger partial charge in [-0.25, -0.2) is 9.97 Å². The summed E-state index contributed by atoms with van der Waals surface area (Å²) in [5, 5.41) is 0. The highest BCUT2D eigenvalue weighted by Gasteiger charge is 2.19. The van der Waals surface area contributed by atoms with E-state index in [1.165, 1.54) is 40.7 Å². The fraction of sp³-hybridized carbons (Fsp3) is 0.455. The Bertz CT molecular complexity index is 900. The second kappa shape index (κ2) is 7.48. The lowest BCUT2D eigenvalue weighted by molar-refractivity contribution is 0.723. The number of hydrogen-bond acceptors (Lipinski definition) is 3. The zero-order valence-electron chi connectivity index (χ0n) is 16.9. The highest BCUT2D eigenvalue weighted by atomic mass is 15.2. The minimum absolute atomic E-state index is 0.954. The Morgan fingerprint density at radius 3 is 2.35 bits per heavy atom. The molecule has 3 aromatic rings. The number of fused-ring (bicyclic) bond motifs is 1. The first-order valence-corrected chi connectivity index (χ1v) is 9.61. The molecule has 0 fully saturated rings. The van der Waals surface area contributed by atoms with Gasteiger partial charge in [-0.3, -0.25) is 0 Å². The van der Waals surface area contributed by atoms with E-state index in [1.54, 1.807) is 6.33 Å². The van der Waals surface area contributed by atoms with Crippen molar-refractivity contribution in [2.75, 3.05) is 18.0 Å². The van der Waals surface area contributed by atoms with Crippen molar-refractivity contribution in [1.29, 1.82) is 0 Å². The van der Waals surface area contributed by atoms with Crippen molar-refractivity contribution in [3.05, 3.63) is 41.3 Å². The summed E-state index contributed by atoms with van der Waals surface area (Å²) in [5.41, 5.74) is 8.57. The maximum absolute atomic E-state index is 4.68. The summed E-state index contributed by atoms with van der Waals surface area (Å²) >= 11 is 0. The molecular weight excluding hydrogens is 320 g/mol. The van der Waals surface area contributed by atoms with Gasteiger partial charge in [-0.2, -0.15) is 0 Å². The Morgan fingerprint density at radius 2 is 1.73 bits per heavy atom. The quantitative estimate of drug-likeness (QED) is 0.614. The summed E-state index contributed by atoms with van der Waals surface area (Å²) in [4.78, 5) is 11.7. The third-order valence-corrected chi connectivity index (χ3v) is 5.14. The molecule has 0 radical (unpaired) electrons. The van der Waals surface area contributed by atoms with Crippen LogP contribution in [0.1, 0.15) is 43.4 Å². The Kier molecular flexibility index (Phi) is 5.30. The summed E-state index contributed by atoms with van der Waals surface area (Å²) in [6.07, 6.45) is 6.29. The number of benzene rings is 1. The molecule has 138 valence electrons. The number of unbranched alkanes of at least 4 members (excludes halogenated alkanes) is 1. The molecule has 26 heavy (non-hydrogen) atoms. The lowest BCUT2D eigenvalue weighted by atomic mass is 9.95. The average Bonchev–Trinajstić information content (AvgIpc) is 2.92. The number of aryl methyl sites for hydroxylation is 4. The van der Waals surface area contributed by atoms with Crippen molar-refractivity contribution in [2.24, 2.45) is 7.05 Å². The molecule has 0 atom stereocenters. The average molecular weight is 351 g/mol. The van der Waals surface area contributed by atoms with Gasteiger partial charge < -0.3 is 9.47 Å². The highest BCUT2D eigenvalue weighted by molar-refractivity contribution is 5.99. The smallest absolute Gasteiger partial charge is 0.156 e. The van der Waals surface area contributed by atoms with Gasteiger partial charge in [0, 0.05) is 31.9 Å². The monoisotopic (exact) mass is 350 g/mol. The van der Waals surface area contributed by atoms with Crippen LogP contribution in [0, 0.1) is 20.8 Å². The lowest BCUT2D eigenvalue weighted by Crippen LogP contribution is -2.25. The van der Waals surface area contributed by atoms with Gasteiger partial charge in [-0.1, -0.05) is 31.0 Å². The third kappa shape index (κ3) is 3.20. The standard InChI is InChI=1S/C22H30N4/c1-7-9-10-26(8-2)22-21-20(23-14-24-22)18(13-25(21)6)19-16(4)11-15(3)12-17(19)5/h11-14H,7-10H2,1-6H3. The lowest BCUT2D eigenvalue weighted by Gasteiger charge is -2.22. The summed E-state index contributed by atoms with van der Waals surface area (Å²) in [6, 6.07) is 4.51. The minimum Gasteiger partial charge on any atom is -0.355 e. The number of hydrogen-bond donors (Lipinski definition) is 0. The van der Waals surface area contributed by atoms with E-state index in [1.807, 2.05) is 0 Å². The fourth-order valence-corrected chi connectivity index (χ4v) is 3.99. The van der Waals surface area contributed by atoms with Gasteiger partial charge >= 0.3 is 0 Å². The summed E-state index contributed by atoms with van der Waals surface area (Å²) < 4.78 is 2.19. The molecule has 0 saturated heterocycles. The summed E-state index contributed by atoms with van der Waals surface area (Å²) in [5.74, 6) is 1.04. The first-order chi connectivity index (χ1) is 12.5. The van der Waals surface area contributed by atoms with Crippen LogP contribution in [0.4, 0.5) is 5.82 Å². The second-order valence-electron chi connectivity index (χ2n) is 7.26. The van der Waals surface area contributed by atoms with Crippen molar-refractivity contribution < 1.29 is 0 Å². The molecule has 0 bridgehead atoms. The van der Waals surface area contributed by atoms with Gasteiger partial charge in [0.25, 0.3) is 0 Å². The van der Waals surface area contributed by atoms with Gasteiger partial charge in [0.05, 0.1) is 0 Å². The Balaban J connectivity index is 2.21. The first-order valence-electron chi connectivity index (χ1n) is 9.61. The zero-order valence-corrected chi connectivity index (χ0v) is 16.9. The second-order valence-corrected chi connectivity index (χ2v) is 7.26. The van der Waals surface area contributed by atoms with Crippen LogP contribution in [0.25, 0.3) is 22.2 Å². The Morgan fingerprint density at radius 1 is 1.04 bits per heavy atom. The van der Waals surface area contributed by atoms with E-state index in [-0.39, 0.29) is 0 Å². The molecular formula is C22H30N4. The molecule has 0 unspecified atom stereocenters. The normalized spacial score (nSPS) is 11.3. The first kappa shape index (κ1) is 18.4. The van der Waals surface area contributed by atoms with E-state index in [0.29, 0.717) is 0 Å². The molecule has 0 aliphatic rings. The van der Waals surface area contributed by atoms with Crippen molar-refractivity contribution in [3.8, 4) is 11.1 Å². The van der Waals surface area contributed by atoms with Crippen LogP contribution < -0.4 is 4.90 Å². The van der Waals surface area contributed by atoms with Gasteiger partial charge in [-0.15, -0.1) is 0 Å². The predicted octanol–water partition coefficient (Wildman–Crippen LogP) is 5.19. The molecule has 2 heterocycles. The molecule has 2 aromatic heterocycles. The SMILES string of the molecule is CCCCN(CC)c1ncnc2c(-c3c(C)cc(C)cc3C)cn(C)c12. The number of anilines is 1. The minimum atomic E-state index is 0.954. The Hall–Kier alpha value is -2.36. The molecule has 0 aliphatic heterocycles. The van der Waals surface area contributed by atoms with Gasteiger partial charge in [0.15, 0.2) is 5.82 Å².